The number of fused-ring (bicyclic) bond motifs is 1. The average Bonchev–Trinajstić information content (AvgIpc) is 2.36. The lowest BCUT2D eigenvalue weighted by Gasteiger charge is -2.32. The van der Waals surface area contributed by atoms with Gasteiger partial charge in [-0.15, -0.1) is 0 Å². The number of hydrogen-bond acceptors (Lipinski definition) is 2. The first-order chi connectivity index (χ1) is 6.66. The molecule has 15 heavy (non-hydrogen) atoms. The second-order valence-corrected chi connectivity index (χ2v) is 3.93. The predicted octanol–water partition coefficient (Wildman–Crippen LogP) is 1.47. The molecule has 0 unspecified atom stereocenters. The Morgan fingerprint density at radius 2 is 1.40 bits per heavy atom. The van der Waals surface area contributed by atoms with Crippen molar-refractivity contribution in [2.24, 2.45) is 0 Å². The molecule has 8 heteroatoms. The quantitative estimate of drug-likeness (QED) is 0.357. The SMILES string of the molecule is CC12OCC[N+]1(C)CCO2.F[B-](F)(F)F. The molecule has 0 aromatic carbocycles. The highest BCUT2D eigenvalue weighted by Gasteiger charge is 2.55. The van der Waals surface area contributed by atoms with Crippen LogP contribution in [-0.4, -0.2) is 51.0 Å². The van der Waals surface area contributed by atoms with Gasteiger partial charge in [0.2, 0.25) is 0 Å². The van der Waals surface area contributed by atoms with Crippen LogP contribution in [0, 0.1) is 0 Å². The van der Waals surface area contributed by atoms with Crippen molar-refractivity contribution in [2.75, 3.05) is 33.4 Å². The highest BCUT2D eigenvalue weighted by molar-refractivity contribution is 6.50. The summed E-state index contributed by atoms with van der Waals surface area (Å²) in [6, 6.07) is 0. The summed E-state index contributed by atoms with van der Waals surface area (Å²) in [5.41, 5.74) is 0. The summed E-state index contributed by atoms with van der Waals surface area (Å²) in [6.07, 6.45) is 0. The summed E-state index contributed by atoms with van der Waals surface area (Å²) in [7, 11) is -3.81. The number of halogens is 4. The number of ether oxygens (including phenoxy) is 2. The van der Waals surface area contributed by atoms with Crippen molar-refractivity contribution in [3.8, 4) is 0 Å². The summed E-state index contributed by atoms with van der Waals surface area (Å²) in [5, 5.41) is 0. The fraction of sp³-hybridized carbons (Fsp3) is 1.00. The van der Waals surface area contributed by atoms with Crippen LogP contribution >= 0.6 is 0 Å². The molecule has 0 atom stereocenters. The normalized spacial score (nSPS) is 39.6. The molecule has 0 spiro atoms. The van der Waals surface area contributed by atoms with Crippen LogP contribution in [0.4, 0.5) is 17.3 Å². The zero-order chi connectivity index (χ0) is 11.7. The third-order valence-corrected chi connectivity index (χ3v) is 2.89. The molecule has 3 nitrogen and oxygen atoms in total. The maximum absolute atomic E-state index is 9.75. The Kier molecular flexibility index (Phi) is 3.32. The van der Waals surface area contributed by atoms with E-state index in [0.717, 1.165) is 30.8 Å². The van der Waals surface area contributed by atoms with Gasteiger partial charge < -0.3 is 17.3 Å². The van der Waals surface area contributed by atoms with E-state index < -0.39 is 7.25 Å². The fourth-order valence-corrected chi connectivity index (χ4v) is 1.74. The molecule has 2 fully saturated rings. The van der Waals surface area contributed by atoms with Crippen molar-refractivity contribution in [3.63, 3.8) is 0 Å². The van der Waals surface area contributed by atoms with Crippen molar-refractivity contribution in [1.29, 1.82) is 0 Å². The number of rotatable bonds is 0. The zero-order valence-electron chi connectivity index (χ0n) is 8.68. The number of nitrogens with zero attached hydrogens (tertiary/aromatic N) is 1. The first kappa shape index (κ1) is 12.7. The Morgan fingerprint density at radius 3 is 1.67 bits per heavy atom. The highest BCUT2D eigenvalue weighted by Crippen LogP contribution is 2.35. The van der Waals surface area contributed by atoms with Crippen LogP contribution in [0.5, 0.6) is 0 Å². The van der Waals surface area contributed by atoms with E-state index in [0.29, 0.717) is 0 Å². The molecule has 2 saturated heterocycles. The monoisotopic (exact) mass is 231 g/mol. The molecular formula is C7H14BF4NO2. The number of quaternary nitrogens is 1. The molecule has 2 rings (SSSR count). The lowest BCUT2D eigenvalue weighted by molar-refractivity contribution is -0.961. The molecule has 0 N–H and O–H groups in total. The van der Waals surface area contributed by atoms with Gasteiger partial charge in [-0.1, -0.05) is 0 Å². The van der Waals surface area contributed by atoms with E-state index in [1.54, 1.807) is 0 Å². The van der Waals surface area contributed by atoms with Gasteiger partial charge in [0, 0.05) is 6.92 Å². The molecule has 2 aliphatic heterocycles. The van der Waals surface area contributed by atoms with E-state index in [-0.39, 0.29) is 5.91 Å². The van der Waals surface area contributed by atoms with Crippen LogP contribution in [0.2, 0.25) is 0 Å². The third kappa shape index (κ3) is 3.06. The molecule has 0 saturated carbocycles. The van der Waals surface area contributed by atoms with E-state index in [9.17, 15) is 17.3 Å². The first-order valence-electron chi connectivity index (χ1n) is 4.66. The lowest BCUT2D eigenvalue weighted by atomic mass is 10.3. The predicted molar refractivity (Wildman–Crippen MR) is 46.4 cm³/mol. The summed E-state index contributed by atoms with van der Waals surface area (Å²) < 4.78 is 51.0. The topological polar surface area (TPSA) is 18.5 Å². The van der Waals surface area contributed by atoms with E-state index in [2.05, 4.69) is 7.05 Å². The van der Waals surface area contributed by atoms with Gasteiger partial charge in [0.05, 0.1) is 7.05 Å². The Bertz CT molecular complexity index is 204. The molecule has 0 aliphatic carbocycles. The molecule has 0 amide bonds. The molecular weight excluding hydrogens is 217 g/mol. The Morgan fingerprint density at radius 1 is 1.07 bits per heavy atom. The van der Waals surface area contributed by atoms with Crippen LogP contribution in [0.3, 0.4) is 0 Å². The second kappa shape index (κ2) is 3.91. The van der Waals surface area contributed by atoms with Crippen molar-refractivity contribution in [2.45, 2.75) is 12.8 Å². The van der Waals surface area contributed by atoms with Gasteiger partial charge >= 0.3 is 13.2 Å². The maximum atomic E-state index is 9.75. The van der Waals surface area contributed by atoms with Crippen LogP contribution in [-0.2, 0) is 9.47 Å². The van der Waals surface area contributed by atoms with E-state index in [4.69, 9.17) is 9.47 Å². The van der Waals surface area contributed by atoms with Crippen LogP contribution in [0.25, 0.3) is 0 Å². The summed E-state index contributed by atoms with van der Waals surface area (Å²) in [6.45, 7) is 5.90. The number of hydrogen-bond donors (Lipinski definition) is 0. The van der Waals surface area contributed by atoms with Crippen LogP contribution in [0.15, 0.2) is 0 Å². The van der Waals surface area contributed by atoms with Crippen molar-refractivity contribution < 1.29 is 31.2 Å². The van der Waals surface area contributed by atoms with Gasteiger partial charge in [-0.3, -0.25) is 14.0 Å². The van der Waals surface area contributed by atoms with E-state index >= 15 is 0 Å². The molecule has 2 heterocycles. The van der Waals surface area contributed by atoms with Gasteiger partial charge in [0.15, 0.2) is 0 Å². The highest BCUT2D eigenvalue weighted by atomic mass is 19.5. The Balaban J connectivity index is 0.000000195. The first-order valence-corrected chi connectivity index (χ1v) is 4.66. The average molecular weight is 231 g/mol. The molecule has 0 aromatic rings. The van der Waals surface area contributed by atoms with Crippen molar-refractivity contribution in [1.82, 2.24) is 0 Å². The molecule has 0 aromatic heterocycles. The Hall–Kier alpha value is -0.335. The summed E-state index contributed by atoms with van der Waals surface area (Å²) >= 11 is 0. The van der Waals surface area contributed by atoms with E-state index in [1.807, 2.05) is 6.92 Å². The maximum Gasteiger partial charge on any atom is 0.673 e. The summed E-state index contributed by atoms with van der Waals surface area (Å²) in [4.78, 5) is 0. The van der Waals surface area contributed by atoms with Gasteiger partial charge in [-0.25, -0.2) is 0 Å². The minimum Gasteiger partial charge on any atom is -0.418 e. The molecule has 0 radical (unpaired) electrons. The zero-order valence-corrected chi connectivity index (χ0v) is 8.68. The standard InChI is InChI=1S/C7H14NO2.BF4/c1-7-8(2,3-5-9-7)4-6-10-7;2-1(3,4)5/h3-6H2,1-2H3;/q+1;-1. The van der Waals surface area contributed by atoms with Crippen molar-refractivity contribution in [3.05, 3.63) is 0 Å². The molecule has 0 bridgehead atoms. The second-order valence-electron chi connectivity index (χ2n) is 3.93. The fourth-order valence-electron chi connectivity index (χ4n) is 1.74. The van der Waals surface area contributed by atoms with Gasteiger partial charge in [-0.05, 0) is 0 Å². The summed E-state index contributed by atoms with van der Waals surface area (Å²) in [5.74, 6) is -0.319. The Labute approximate surface area is 85.6 Å². The third-order valence-electron chi connectivity index (χ3n) is 2.89. The minimum atomic E-state index is -6.00. The van der Waals surface area contributed by atoms with Gasteiger partial charge in [-0.2, -0.15) is 0 Å². The molecule has 90 valence electrons. The van der Waals surface area contributed by atoms with Crippen LogP contribution in [0.1, 0.15) is 6.92 Å². The van der Waals surface area contributed by atoms with E-state index in [1.165, 1.54) is 0 Å². The van der Waals surface area contributed by atoms with Gasteiger partial charge in [0.25, 0.3) is 0 Å². The largest absolute Gasteiger partial charge is 0.673 e. The smallest absolute Gasteiger partial charge is 0.418 e. The minimum absolute atomic E-state index is 0.319. The van der Waals surface area contributed by atoms with Crippen molar-refractivity contribution >= 4 is 7.25 Å². The van der Waals surface area contributed by atoms with Gasteiger partial charge in [0.1, 0.15) is 26.3 Å². The molecule has 2 aliphatic rings. The lowest BCUT2D eigenvalue weighted by Crippen LogP contribution is -2.52. The number of likely N-dealkylation sites (N-methyl/N-ethyl adjacent to an activating group) is 1. The van der Waals surface area contributed by atoms with Crippen LogP contribution < -0.4 is 0 Å².